The Morgan fingerprint density at radius 3 is 2.38 bits per heavy atom. The molecule has 0 amide bonds. The Morgan fingerprint density at radius 1 is 0.905 bits per heavy atom. The predicted octanol–water partition coefficient (Wildman–Crippen LogP) is 6.20. The van der Waals surface area contributed by atoms with Crippen LogP contribution >= 0.6 is 0 Å². The van der Waals surface area contributed by atoms with Crippen molar-refractivity contribution < 1.29 is 33.6 Å². The van der Waals surface area contributed by atoms with Gasteiger partial charge in [-0.05, 0) is 53.1 Å². The summed E-state index contributed by atoms with van der Waals surface area (Å²) < 4.78 is 22.6. The average molecular weight is 567 g/mol. The van der Waals surface area contributed by atoms with Gasteiger partial charge in [0.05, 0.1) is 38.2 Å². The van der Waals surface area contributed by atoms with E-state index in [1.165, 1.54) is 44.7 Å². The van der Waals surface area contributed by atoms with Crippen LogP contribution in [0.25, 0.3) is 22.1 Å². The van der Waals surface area contributed by atoms with E-state index in [0.29, 0.717) is 41.2 Å². The molecule has 0 saturated carbocycles. The molecule has 5 aromatic rings. The number of phenolic OH excluding ortho intramolecular Hbond substituents is 2. The number of carbonyl (C=O) groups is 1. The van der Waals surface area contributed by atoms with E-state index in [9.17, 15) is 19.8 Å². The number of phenols is 2. The lowest BCUT2D eigenvalue weighted by molar-refractivity contribution is -0.140. The van der Waals surface area contributed by atoms with E-state index in [0.717, 1.165) is 5.56 Å². The number of benzene rings is 4. The smallest absolute Gasteiger partial charge is 0.306 e. The molecule has 0 aliphatic heterocycles. The standard InChI is InChI=1S/C34H30O8/c1-39-30-18-23(10-15-29(30)41-17-16-21-6-4-3-5-7-21)26(19-31(37)40-2)32-28(36)14-13-25-33(38)27(20-42-34(25)32)22-8-11-24(35)12-9-22/h3-15,18,20,26,35-36H,16-17,19H2,1-2H3/t26-/m0/s1. The molecule has 1 atom stereocenters. The Bertz CT molecular complexity index is 1760. The van der Waals surface area contributed by atoms with Crippen LogP contribution in [0.15, 0.2) is 100 Å². The van der Waals surface area contributed by atoms with Gasteiger partial charge in [-0.1, -0.05) is 48.5 Å². The highest BCUT2D eigenvalue weighted by atomic mass is 16.5. The van der Waals surface area contributed by atoms with E-state index >= 15 is 0 Å². The maximum Gasteiger partial charge on any atom is 0.306 e. The van der Waals surface area contributed by atoms with Crippen molar-refractivity contribution in [2.24, 2.45) is 0 Å². The summed E-state index contributed by atoms with van der Waals surface area (Å²) in [6.45, 7) is 0.434. The van der Waals surface area contributed by atoms with E-state index in [-0.39, 0.29) is 39.9 Å². The molecule has 2 N–H and O–H groups in total. The van der Waals surface area contributed by atoms with Gasteiger partial charge in [-0.3, -0.25) is 9.59 Å². The number of rotatable bonds is 10. The fourth-order valence-corrected chi connectivity index (χ4v) is 4.97. The molecule has 0 unspecified atom stereocenters. The van der Waals surface area contributed by atoms with Gasteiger partial charge < -0.3 is 28.8 Å². The Morgan fingerprint density at radius 2 is 1.67 bits per heavy atom. The van der Waals surface area contributed by atoms with E-state index in [1.54, 1.807) is 30.3 Å². The molecular formula is C34H30O8. The summed E-state index contributed by atoms with van der Waals surface area (Å²) in [4.78, 5) is 26.1. The van der Waals surface area contributed by atoms with Crippen LogP contribution < -0.4 is 14.9 Å². The lowest BCUT2D eigenvalue weighted by Crippen LogP contribution is -2.13. The van der Waals surface area contributed by atoms with Gasteiger partial charge in [-0.15, -0.1) is 0 Å². The maximum absolute atomic E-state index is 13.5. The Kier molecular flexibility index (Phi) is 8.43. The summed E-state index contributed by atoms with van der Waals surface area (Å²) in [6, 6.07) is 24.4. The van der Waals surface area contributed by atoms with E-state index in [4.69, 9.17) is 18.6 Å². The molecule has 1 heterocycles. The number of carbonyl (C=O) groups excluding carboxylic acids is 1. The molecular weight excluding hydrogens is 536 g/mol. The third-order valence-electron chi connectivity index (χ3n) is 7.16. The van der Waals surface area contributed by atoms with Crippen LogP contribution in [0.4, 0.5) is 0 Å². The van der Waals surface area contributed by atoms with Crippen molar-refractivity contribution in [3.8, 4) is 34.1 Å². The lowest BCUT2D eigenvalue weighted by Gasteiger charge is -2.21. The molecule has 214 valence electrons. The van der Waals surface area contributed by atoms with Crippen LogP contribution in [0, 0.1) is 0 Å². The van der Waals surface area contributed by atoms with Crippen molar-refractivity contribution in [2.45, 2.75) is 18.8 Å². The lowest BCUT2D eigenvalue weighted by atomic mass is 9.86. The van der Waals surface area contributed by atoms with Crippen LogP contribution in [-0.2, 0) is 16.0 Å². The summed E-state index contributed by atoms with van der Waals surface area (Å²) >= 11 is 0. The molecule has 8 nitrogen and oxygen atoms in total. The third kappa shape index (κ3) is 5.93. The van der Waals surface area contributed by atoms with Gasteiger partial charge in [0.15, 0.2) is 11.5 Å². The predicted molar refractivity (Wildman–Crippen MR) is 158 cm³/mol. The van der Waals surface area contributed by atoms with Crippen LogP contribution in [0.5, 0.6) is 23.0 Å². The van der Waals surface area contributed by atoms with E-state index in [2.05, 4.69) is 0 Å². The molecule has 5 rings (SSSR count). The van der Waals surface area contributed by atoms with Crippen LogP contribution in [0.1, 0.15) is 29.0 Å². The number of esters is 1. The molecule has 1 aromatic heterocycles. The first kappa shape index (κ1) is 28.3. The fourth-order valence-electron chi connectivity index (χ4n) is 4.97. The minimum Gasteiger partial charge on any atom is -0.508 e. The monoisotopic (exact) mass is 566 g/mol. The van der Waals surface area contributed by atoms with Crippen molar-refractivity contribution in [3.05, 3.63) is 118 Å². The quantitative estimate of drug-likeness (QED) is 0.192. The van der Waals surface area contributed by atoms with E-state index in [1.807, 2.05) is 30.3 Å². The minimum absolute atomic E-state index is 0.0739. The summed E-state index contributed by atoms with van der Waals surface area (Å²) in [7, 11) is 2.81. The van der Waals surface area contributed by atoms with Gasteiger partial charge in [-0.2, -0.15) is 0 Å². The zero-order chi connectivity index (χ0) is 29.6. The zero-order valence-electron chi connectivity index (χ0n) is 23.2. The van der Waals surface area contributed by atoms with Gasteiger partial charge in [0.2, 0.25) is 5.43 Å². The third-order valence-corrected chi connectivity index (χ3v) is 7.16. The molecule has 0 aliphatic rings. The summed E-state index contributed by atoms with van der Waals surface area (Å²) in [5.41, 5.74) is 2.73. The highest BCUT2D eigenvalue weighted by Crippen LogP contribution is 2.42. The Balaban J connectivity index is 1.54. The van der Waals surface area contributed by atoms with Crippen LogP contribution in [-0.4, -0.2) is 37.0 Å². The molecule has 0 radical (unpaired) electrons. The highest BCUT2D eigenvalue weighted by molar-refractivity contribution is 5.87. The number of hydrogen-bond donors (Lipinski definition) is 2. The van der Waals surface area contributed by atoms with E-state index < -0.39 is 11.9 Å². The van der Waals surface area contributed by atoms with Crippen molar-refractivity contribution in [1.29, 1.82) is 0 Å². The fraction of sp³-hybridized carbons (Fsp3) is 0.176. The zero-order valence-corrected chi connectivity index (χ0v) is 23.2. The first-order chi connectivity index (χ1) is 20.4. The van der Waals surface area contributed by atoms with Crippen molar-refractivity contribution in [3.63, 3.8) is 0 Å². The van der Waals surface area contributed by atoms with Gasteiger partial charge in [0.25, 0.3) is 0 Å². The second-order valence-electron chi connectivity index (χ2n) is 9.73. The number of fused-ring (bicyclic) bond motifs is 1. The molecule has 42 heavy (non-hydrogen) atoms. The van der Waals surface area contributed by atoms with Crippen LogP contribution in [0.2, 0.25) is 0 Å². The molecule has 8 heteroatoms. The maximum atomic E-state index is 13.5. The summed E-state index contributed by atoms with van der Waals surface area (Å²) in [5.74, 6) is -0.339. The summed E-state index contributed by atoms with van der Waals surface area (Å²) in [6.07, 6.45) is 1.90. The second-order valence-corrected chi connectivity index (χ2v) is 9.73. The average Bonchev–Trinajstić information content (AvgIpc) is 3.01. The second kappa shape index (κ2) is 12.5. The number of hydrogen-bond acceptors (Lipinski definition) is 8. The van der Waals surface area contributed by atoms with Gasteiger partial charge in [0, 0.05) is 17.9 Å². The molecule has 0 aliphatic carbocycles. The van der Waals surface area contributed by atoms with Crippen molar-refractivity contribution >= 4 is 16.9 Å². The normalized spacial score (nSPS) is 11.7. The van der Waals surface area contributed by atoms with Crippen molar-refractivity contribution in [1.82, 2.24) is 0 Å². The number of methoxy groups -OCH3 is 2. The SMILES string of the molecule is COC(=O)C[C@@H](c1ccc(OCCc2ccccc2)c(OC)c1)c1c(O)ccc2c(=O)c(-c3ccc(O)cc3)coc12. The molecule has 4 aromatic carbocycles. The minimum atomic E-state index is -0.740. The largest absolute Gasteiger partial charge is 0.508 e. The molecule has 0 saturated heterocycles. The first-order valence-corrected chi connectivity index (χ1v) is 13.4. The first-order valence-electron chi connectivity index (χ1n) is 13.4. The number of aromatic hydroxyl groups is 2. The van der Waals surface area contributed by atoms with Gasteiger partial charge >= 0.3 is 5.97 Å². The molecule has 0 fully saturated rings. The summed E-state index contributed by atoms with van der Waals surface area (Å²) in [5, 5.41) is 20.9. The van der Waals surface area contributed by atoms with Gasteiger partial charge in [0.1, 0.15) is 23.3 Å². The topological polar surface area (TPSA) is 115 Å². The molecule has 0 bridgehead atoms. The Labute approximate surface area is 242 Å². The van der Waals surface area contributed by atoms with Crippen LogP contribution in [0.3, 0.4) is 0 Å². The molecule has 0 spiro atoms. The van der Waals surface area contributed by atoms with Gasteiger partial charge in [-0.25, -0.2) is 0 Å². The number of ether oxygens (including phenoxy) is 3. The van der Waals surface area contributed by atoms with Crippen molar-refractivity contribution in [2.75, 3.05) is 20.8 Å². The Hall–Kier alpha value is -5.24. The highest BCUT2D eigenvalue weighted by Gasteiger charge is 2.27.